The molecule has 3 heteroatoms. The van der Waals surface area contributed by atoms with E-state index in [9.17, 15) is 0 Å². The Hall–Kier alpha value is -1.06. The summed E-state index contributed by atoms with van der Waals surface area (Å²) in [5.74, 6) is 0.972. The molecule has 0 unspecified atom stereocenters. The molecule has 0 heterocycles. The van der Waals surface area contributed by atoms with Crippen molar-refractivity contribution in [1.82, 2.24) is 10.2 Å². The summed E-state index contributed by atoms with van der Waals surface area (Å²) < 4.78 is 5.86. The molecule has 0 bridgehead atoms. The number of nitrogens with one attached hydrogen (secondary N) is 1. The van der Waals surface area contributed by atoms with Gasteiger partial charge in [0.05, 0.1) is 0 Å². The minimum Gasteiger partial charge on any atom is -0.492 e. The Morgan fingerprint density at radius 3 is 2.71 bits per heavy atom. The van der Waals surface area contributed by atoms with Crippen molar-refractivity contribution in [3.05, 3.63) is 29.8 Å². The Morgan fingerprint density at radius 1 is 1.19 bits per heavy atom. The molecule has 3 nitrogen and oxygen atoms in total. The summed E-state index contributed by atoms with van der Waals surface area (Å²) in [5.41, 5.74) is 1.28. The third-order valence-electron chi connectivity index (χ3n) is 3.50. The molecule has 1 aromatic rings. The van der Waals surface area contributed by atoms with E-state index in [0.717, 1.165) is 32.0 Å². The van der Waals surface area contributed by atoms with Gasteiger partial charge in [-0.25, -0.2) is 0 Å². The third kappa shape index (κ3) is 8.74. The first-order valence-electron chi connectivity index (χ1n) is 8.25. The maximum Gasteiger partial charge on any atom is 0.119 e. The average Bonchev–Trinajstić information content (AvgIpc) is 2.46. The number of benzene rings is 1. The van der Waals surface area contributed by atoms with E-state index in [1.165, 1.54) is 24.8 Å². The fourth-order valence-electron chi connectivity index (χ4n) is 2.13. The van der Waals surface area contributed by atoms with Crippen LogP contribution in [0.2, 0.25) is 0 Å². The molecule has 0 amide bonds. The van der Waals surface area contributed by atoms with Crippen LogP contribution < -0.4 is 10.1 Å². The highest BCUT2D eigenvalue weighted by molar-refractivity contribution is 5.28. The normalized spacial score (nSPS) is 11.3. The molecular formula is C18H32N2O. The lowest BCUT2D eigenvalue weighted by Gasteiger charge is -2.17. The van der Waals surface area contributed by atoms with Gasteiger partial charge in [0.15, 0.2) is 0 Å². The van der Waals surface area contributed by atoms with Gasteiger partial charge in [0.25, 0.3) is 0 Å². The molecule has 21 heavy (non-hydrogen) atoms. The zero-order chi connectivity index (χ0) is 15.5. The van der Waals surface area contributed by atoms with E-state index in [4.69, 9.17) is 4.74 Å². The van der Waals surface area contributed by atoms with E-state index < -0.39 is 0 Å². The molecule has 1 rings (SSSR count). The molecule has 120 valence electrons. The second kappa shape index (κ2) is 10.6. The molecule has 0 aliphatic rings. The van der Waals surface area contributed by atoms with Gasteiger partial charge in [-0.2, -0.15) is 0 Å². The Morgan fingerprint density at radius 2 is 2.00 bits per heavy atom. The van der Waals surface area contributed by atoms with Gasteiger partial charge < -0.3 is 15.0 Å². The van der Waals surface area contributed by atoms with E-state index in [1.54, 1.807) is 0 Å². The SMILES string of the molecule is CCCCCN(C)CCOc1cccc(CNC(C)C)c1. The zero-order valence-electron chi connectivity index (χ0n) is 14.2. The van der Waals surface area contributed by atoms with Gasteiger partial charge >= 0.3 is 0 Å². The van der Waals surface area contributed by atoms with Gasteiger partial charge in [0, 0.05) is 19.1 Å². The summed E-state index contributed by atoms with van der Waals surface area (Å²) in [6.07, 6.45) is 3.88. The van der Waals surface area contributed by atoms with Gasteiger partial charge in [-0.15, -0.1) is 0 Å². The predicted octanol–water partition coefficient (Wildman–Crippen LogP) is 3.69. The number of unbranched alkanes of at least 4 members (excludes halogenated alkanes) is 2. The standard InChI is InChI=1S/C18H32N2O/c1-5-6-7-11-20(4)12-13-21-18-10-8-9-17(14-18)15-19-16(2)3/h8-10,14,16,19H,5-7,11-13,15H2,1-4H3. The summed E-state index contributed by atoms with van der Waals surface area (Å²) in [6, 6.07) is 8.88. The molecule has 0 radical (unpaired) electrons. The average molecular weight is 292 g/mol. The van der Waals surface area contributed by atoms with Gasteiger partial charge in [-0.3, -0.25) is 0 Å². The molecule has 0 aromatic heterocycles. The number of ether oxygens (including phenoxy) is 1. The van der Waals surface area contributed by atoms with Crippen LogP contribution >= 0.6 is 0 Å². The largest absolute Gasteiger partial charge is 0.492 e. The summed E-state index contributed by atoms with van der Waals surface area (Å²) in [5, 5.41) is 3.43. The number of rotatable bonds is 11. The molecule has 0 fully saturated rings. The predicted molar refractivity (Wildman–Crippen MR) is 90.9 cm³/mol. The molecule has 1 aromatic carbocycles. The lowest BCUT2D eigenvalue weighted by molar-refractivity contribution is 0.234. The molecule has 0 aliphatic carbocycles. The van der Waals surface area contributed by atoms with Crippen LogP contribution in [-0.2, 0) is 6.54 Å². The van der Waals surface area contributed by atoms with E-state index in [0.29, 0.717) is 6.04 Å². The van der Waals surface area contributed by atoms with Crippen LogP contribution in [0.3, 0.4) is 0 Å². The molecule has 1 N–H and O–H groups in total. The maximum absolute atomic E-state index is 5.86. The molecule has 0 aliphatic heterocycles. The van der Waals surface area contributed by atoms with Crippen molar-refractivity contribution < 1.29 is 4.74 Å². The first kappa shape index (κ1) is 18.0. The Labute approximate surface area is 130 Å². The fraction of sp³-hybridized carbons (Fsp3) is 0.667. The summed E-state index contributed by atoms with van der Waals surface area (Å²) in [4.78, 5) is 2.35. The Kier molecular flexibility index (Phi) is 9.11. The molecule has 0 saturated carbocycles. The van der Waals surface area contributed by atoms with Crippen molar-refractivity contribution in [3.63, 3.8) is 0 Å². The number of likely N-dealkylation sites (N-methyl/N-ethyl adjacent to an activating group) is 1. The van der Waals surface area contributed by atoms with E-state index in [-0.39, 0.29) is 0 Å². The zero-order valence-corrected chi connectivity index (χ0v) is 14.2. The van der Waals surface area contributed by atoms with Crippen LogP contribution in [0.4, 0.5) is 0 Å². The van der Waals surface area contributed by atoms with Crippen molar-refractivity contribution in [2.75, 3.05) is 26.7 Å². The van der Waals surface area contributed by atoms with Crippen molar-refractivity contribution in [3.8, 4) is 5.75 Å². The van der Waals surface area contributed by atoms with Gasteiger partial charge in [-0.05, 0) is 37.7 Å². The van der Waals surface area contributed by atoms with Crippen molar-refractivity contribution >= 4 is 0 Å². The minimum absolute atomic E-state index is 0.506. The van der Waals surface area contributed by atoms with E-state index in [1.807, 2.05) is 6.07 Å². The topological polar surface area (TPSA) is 24.5 Å². The van der Waals surface area contributed by atoms with Crippen LogP contribution in [0.5, 0.6) is 5.75 Å². The van der Waals surface area contributed by atoms with Crippen LogP contribution in [0, 0.1) is 0 Å². The van der Waals surface area contributed by atoms with E-state index in [2.05, 4.69) is 56.2 Å². The first-order chi connectivity index (χ1) is 10.1. The highest BCUT2D eigenvalue weighted by Crippen LogP contribution is 2.13. The van der Waals surface area contributed by atoms with Crippen LogP contribution in [0.15, 0.2) is 24.3 Å². The number of nitrogens with zero attached hydrogens (tertiary/aromatic N) is 1. The number of hydrogen-bond acceptors (Lipinski definition) is 3. The smallest absolute Gasteiger partial charge is 0.119 e. The lowest BCUT2D eigenvalue weighted by atomic mass is 10.2. The summed E-state index contributed by atoms with van der Waals surface area (Å²) >= 11 is 0. The maximum atomic E-state index is 5.86. The van der Waals surface area contributed by atoms with Crippen LogP contribution in [-0.4, -0.2) is 37.7 Å². The second-order valence-corrected chi connectivity index (χ2v) is 6.04. The van der Waals surface area contributed by atoms with Crippen molar-refractivity contribution in [2.24, 2.45) is 0 Å². The molecular weight excluding hydrogens is 260 g/mol. The minimum atomic E-state index is 0.506. The molecule has 0 atom stereocenters. The van der Waals surface area contributed by atoms with Gasteiger partial charge in [0.2, 0.25) is 0 Å². The van der Waals surface area contributed by atoms with Crippen LogP contribution in [0.25, 0.3) is 0 Å². The highest BCUT2D eigenvalue weighted by Gasteiger charge is 2.01. The van der Waals surface area contributed by atoms with Gasteiger partial charge in [0.1, 0.15) is 12.4 Å². The first-order valence-corrected chi connectivity index (χ1v) is 8.25. The molecule has 0 spiro atoms. The fourth-order valence-corrected chi connectivity index (χ4v) is 2.13. The van der Waals surface area contributed by atoms with Crippen molar-refractivity contribution in [2.45, 2.75) is 52.6 Å². The Bertz CT molecular complexity index is 379. The van der Waals surface area contributed by atoms with Crippen LogP contribution in [0.1, 0.15) is 45.6 Å². The quantitative estimate of drug-likeness (QED) is 0.630. The van der Waals surface area contributed by atoms with E-state index >= 15 is 0 Å². The third-order valence-corrected chi connectivity index (χ3v) is 3.50. The summed E-state index contributed by atoms with van der Waals surface area (Å²) in [7, 11) is 2.17. The lowest BCUT2D eigenvalue weighted by Crippen LogP contribution is -2.25. The molecule has 0 saturated heterocycles. The van der Waals surface area contributed by atoms with Crippen molar-refractivity contribution in [1.29, 1.82) is 0 Å². The summed E-state index contributed by atoms with van der Waals surface area (Å²) in [6.45, 7) is 10.4. The monoisotopic (exact) mass is 292 g/mol. The Balaban J connectivity index is 2.26. The second-order valence-electron chi connectivity index (χ2n) is 6.04. The number of hydrogen-bond donors (Lipinski definition) is 1. The highest BCUT2D eigenvalue weighted by atomic mass is 16.5. The van der Waals surface area contributed by atoms with Gasteiger partial charge in [-0.1, -0.05) is 45.7 Å².